The van der Waals surface area contributed by atoms with E-state index in [1.165, 1.54) is 25.1 Å². The van der Waals surface area contributed by atoms with Crippen LogP contribution in [0.15, 0.2) is 29.3 Å². The Morgan fingerprint density at radius 3 is 2.26 bits per heavy atom. The largest absolute Gasteiger partial charge is 0.427 e. The number of cyclic esters (lactones) is 1. The summed E-state index contributed by atoms with van der Waals surface area (Å²) in [6, 6.07) is 4.41. The van der Waals surface area contributed by atoms with Crippen LogP contribution in [-0.2, 0) is 9.53 Å². The first-order valence-corrected chi connectivity index (χ1v) is 6.69. The fourth-order valence-corrected chi connectivity index (χ4v) is 2.39. The third kappa shape index (κ3) is 2.38. The van der Waals surface area contributed by atoms with Crippen LogP contribution in [0.4, 0.5) is 10.5 Å². The predicted molar refractivity (Wildman–Crippen MR) is 76.9 cm³/mol. The number of hydrogen-bond donors (Lipinski definition) is 0. The third-order valence-electron chi connectivity index (χ3n) is 2.71. The lowest BCUT2D eigenvalue weighted by molar-refractivity contribution is -0.125. The zero-order chi connectivity index (χ0) is 14.4. The first-order valence-electron chi connectivity index (χ1n) is 5.14. The summed E-state index contributed by atoms with van der Waals surface area (Å²) in [5, 5.41) is 0.628. The molecule has 100 valence electrons. The number of halogens is 3. The molecule has 0 spiro atoms. The Kier molecular flexibility index (Phi) is 3.64. The number of amides is 2. The molecule has 2 amide bonds. The Balaban J connectivity index is 2.49. The maximum Gasteiger partial charge on any atom is 0.422 e. The van der Waals surface area contributed by atoms with E-state index in [2.05, 4.69) is 22.5 Å². The monoisotopic (exact) mass is 363 g/mol. The average molecular weight is 365 g/mol. The molecular formula is C12H8BrCl2NO3. The van der Waals surface area contributed by atoms with Gasteiger partial charge in [-0.3, -0.25) is 4.79 Å². The van der Waals surface area contributed by atoms with E-state index in [-0.39, 0.29) is 10.2 Å². The van der Waals surface area contributed by atoms with E-state index in [0.29, 0.717) is 10.0 Å². The van der Waals surface area contributed by atoms with Gasteiger partial charge in [-0.25, -0.2) is 9.69 Å². The van der Waals surface area contributed by atoms with Crippen molar-refractivity contribution in [2.24, 2.45) is 0 Å². The Morgan fingerprint density at radius 1 is 1.32 bits per heavy atom. The highest BCUT2D eigenvalue weighted by molar-refractivity contribution is 9.11. The van der Waals surface area contributed by atoms with Crippen molar-refractivity contribution >= 4 is 56.8 Å². The number of ether oxygens (including phenoxy) is 1. The van der Waals surface area contributed by atoms with Crippen molar-refractivity contribution < 1.29 is 14.3 Å². The van der Waals surface area contributed by atoms with Crippen LogP contribution < -0.4 is 4.90 Å². The molecule has 1 heterocycles. The molecule has 1 aromatic carbocycles. The lowest BCUT2D eigenvalue weighted by Gasteiger charge is -2.18. The van der Waals surface area contributed by atoms with Crippen LogP contribution >= 0.6 is 39.1 Å². The fraction of sp³-hybridized carbons (Fsp3) is 0.167. The van der Waals surface area contributed by atoms with Gasteiger partial charge in [0.2, 0.25) is 5.60 Å². The third-order valence-corrected chi connectivity index (χ3v) is 3.90. The highest BCUT2D eigenvalue weighted by Gasteiger charge is 2.52. The van der Waals surface area contributed by atoms with Gasteiger partial charge in [-0.1, -0.05) is 45.7 Å². The van der Waals surface area contributed by atoms with Crippen molar-refractivity contribution in [1.29, 1.82) is 0 Å². The van der Waals surface area contributed by atoms with Gasteiger partial charge in [0, 0.05) is 14.5 Å². The summed E-state index contributed by atoms with van der Waals surface area (Å²) in [5.41, 5.74) is -1.18. The number of imide groups is 1. The summed E-state index contributed by atoms with van der Waals surface area (Å²) in [6.45, 7) is 5.05. The van der Waals surface area contributed by atoms with Gasteiger partial charge in [0.1, 0.15) is 0 Å². The van der Waals surface area contributed by atoms with Crippen molar-refractivity contribution in [2.75, 3.05) is 4.90 Å². The van der Waals surface area contributed by atoms with Crippen molar-refractivity contribution in [3.8, 4) is 0 Å². The van der Waals surface area contributed by atoms with Crippen LogP contribution in [0.1, 0.15) is 6.92 Å². The molecule has 1 fully saturated rings. The molecule has 0 aliphatic carbocycles. The lowest BCUT2D eigenvalue weighted by Crippen LogP contribution is -2.38. The molecule has 1 unspecified atom stereocenters. The molecule has 1 aliphatic heterocycles. The van der Waals surface area contributed by atoms with E-state index < -0.39 is 17.6 Å². The summed E-state index contributed by atoms with van der Waals surface area (Å²) in [4.78, 5) is 25.0. The van der Waals surface area contributed by atoms with E-state index in [4.69, 9.17) is 27.9 Å². The Labute approximate surface area is 128 Å². The first kappa shape index (κ1) is 14.4. The van der Waals surface area contributed by atoms with Crippen molar-refractivity contribution in [3.05, 3.63) is 39.3 Å². The van der Waals surface area contributed by atoms with Crippen LogP contribution in [0, 0.1) is 0 Å². The number of anilines is 1. The molecule has 1 aromatic rings. The summed E-state index contributed by atoms with van der Waals surface area (Å²) in [5.74, 6) is -0.558. The van der Waals surface area contributed by atoms with Crippen molar-refractivity contribution in [2.45, 2.75) is 12.5 Å². The average Bonchev–Trinajstić information content (AvgIpc) is 2.49. The number of carbonyl (C=O) groups excluding carboxylic acids is 2. The second-order valence-corrected chi connectivity index (χ2v) is 5.90. The van der Waals surface area contributed by atoms with Crippen LogP contribution in [-0.4, -0.2) is 17.6 Å². The molecule has 0 aromatic heterocycles. The van der Waals surface area contributed by atoms with Crippen LogP contribution in [0.3, 0.4) is 0 Å². The van der Waals surface area contributed by atoms with Gasteiger partial charge >= 0.3 is 6.09 Å². The summed E-state index contributed by atoms with van der Waals surface area (Å²) in [6.07, 6.45) is -0.800. The van der Waals surface area contributed by atoms with Crippen LogP contribution in [0.2, 0.25) is 10.0 Å². The summed E-state index contributed by atoms with van der Waals surface area (Å²) in [7, 11) is 0. The van der Waals surface area contributed by atoms with E-state index in [1.54, 1.807) is 0 Å². The maximum atomic E-state index is 12.3. The molecule has 4 nitrogen and oxygen atoms in total. The molecule has 0 saturated carbocycles. The normalized spacial score (nSPS) is 22.6. The predicted octanol–water partition coefficient (Wildman–Crippen LogP) is 4.14. The molecule has 7 heteroatoms. The van der Waals surface area contributed by atoms with Crippen molar-refractivity contribution in [1.82, 2.24) is 0 Å². The number of benzene rings is 1. The highest BCUT2D eigenvalue weighted by Crippen LogP contribution is 2.37. The first-order chi connectivity index (χ1) is 8.75. The Bertz CT molecular complexity index is 584. The van der Waals surface area contributed by atoms with Gasteiger partial charge in [-0.15, -0.1) is 0 Å². The second-order valence-electron chi connectivity index (χ2n) is 4.07. The standard InChI is InChI=1S/C12H8BrCl2NO3/c1-6(13)12(2)10(17)16(11(18)19-12)9-4-7(14)3-8(15)5-9/h3-5H,1H2,2H3. The summed E-state index contributed by atoms with van der Waals surface area (Å²) < 4.78 is 5.33. The number of carbonyl (C=O) groups is 2. The number of nitrogens with zero attached hydrogens (tertiary/aromatic N) is 1. The minimum absolute atomic E-state index is 0.255. The van der Waals surface area contributed by atoms with Gasteiger partial charge in [-0.2, -0.15) is 0 Å². The van der Waals surface area contributed by atoms with Crippen LogP contribution in [0.5, 0.6) is 0 Å². The van der Waals surface area contributed by atoms with E-state index >= 15 is 0 Å². The minimum Gasteiger partial charge on any atom is -0.427 e. The minimum atomic E-state index is -1.44. The van der Waals surface area contributed by atoms with Gasteiger partial charge in [0.15, 0.2) is 0 Å². The van der Waals surface area contributed by atoms with Crippen molar-refractivity contribution in [3.63, 3.8) is 0 Å². The van der Waals surface area contributed by atoms with Gasteiger partial charge in [0.25, 0.3) is 5.91 Å². The molecular weight excluding hydrogens is 357 g/mol. The maximum absolute atomic E-state index is 12.3. The van der Waals surface area contributed by atoms with Gasteiger partial charge in [-0.05, 0) is 25.1 Å². The van der Waals surface area contributed by atoms with Crippen LogP contribution in [0.25, 0.3) is 0 Å². The summed E-state index contributed by atoms with van der Waals surface area (Å²) >= 11 is 14.8. The van der Waals surface area contributed by atoms with E-state index in [9.17, 15) is 9.59 Å². The highest BCUT2D eigenvalue weighted by atomic mass is 79.9. The topological polar surface area (TPSA) is 46.6 Å². The fourth-order valence-electron chi connectivity index (χ4n) is 1.62. The van der Waals surface area contributed by atoms with E-state index in [0.717, 1.165) is 4.90 Å². The quantitative estimate of drug-likeness (QED) is 0.792. The number of rotatable bonds is 2. The van der Waals surface area contributed by atoms with E-state index in [1.807, 2.05) is 0 Å². The SMILES string of the molecule is C=C(Br)C1(C)OC(=O)N(c2cc(Cl)cc(Cl)c2)C1=O. The number of hydrogen-bond acceptors (Lipinski definition) is 3. The van der Waals surface area contributed by atoms with Gasteiger partial charge < -0.3 is 4.74 Å². The lowest BCUT2D eigenvalue weighted by atomic mass is 10.1. The van der Waals surface area contributed by atoms with Gasteiger partial charge in [0.05, 0.1) is 5.69 Å². The zero-order valence-corrected chi connectivity index (χ0v) is 12.8. The molecule has 0 radical (unpaired) electrons. The second kappa shape index (κ2) is 4.81. The molecule has 19 heavy (non-hydrogen) atoms. The molecule has 2 rings (SSSR count). The molecule has 1 atom stereocenters. The molecule has 1 aliphatic rings. The Hall–Kier alpha value is -1.04. The molecule has 1 saturated heterocycles. The Morgan fingerprint density at radius 2 is 1.84 bits per heavy atom. The molecule has 0 N–H and O–H groups in total. The molecule has 0 bridgehead atoms. The smallest absolute Gasteiger partial charge is 0.422 e. The zero-order valence-electron chi connectivity index (χ0n) is 9.75.